The molecule has 0 spiro atoms. The zero-order chi connectivity index (χ0) is 16.2. The van der Waals surface area contributed by atoms with E-state index in [4.69, 9.17) is 0 Å². The lowest BCUT2D eigenvalue weighted by molar-refractivity contribution is -0.122. The highest BCUT2D eigenvalue weighted by atomic mass is 32.2. The van der Waals surface area contributed by atoms with Gasteiger partial charge in [0.25, 0.3) is 0 Å². The standard InChI is InChI=1S/C15H23N3O3S/c1-11(18-15(19)10-13-4-3-9-17-13)12-5-7-14(8-6-12)22(20,21)16-2/h5-8,11,13,16-17H,3-4,9-10H2,1-2H3,(H,18,19). The van der Waals surface area contributed by atoms with Crippen LogP contribution in [0.5, 0.6) is 0 Å². The number of sulfonamides is 1. The van der Waals surface area contributed by atoms with Crippen molar-refractivity contribution >= 4 is 15.9 Å². The summed E-state index contributed by atoms with van der Waals surface area (Å²) in [5.74, 6) is 0.0128. The third-order valence-corrected chi connectivity index (χ3v) is 5.36. The number of rotatable bonds is 6. The Hall–Kier alpha value is -1.44. The molecule has 0 bridgehead atoms. The van der Waals surface area contributed by atoms with Crippen molar-refractivity contribution in [3.05, 3.63) is 29.8 Å². The van der Waals surface area contributed by atoms with Gasteiger partial charge in [-0.2, -0.15) is 0 Å². The van der Waals surface area contributed by atoms with E-state index < -0.39 is 10.0 Å². The molecule has 1 fully saturated rings. The maximum atomic E-state index is 12.0. The second-order valence-corrected chi connectivity index (χ2v) is 7.45. The third-order valence-electron chi connectivity index (χ3n) is 3.93. The van der Waals surface area contributed by atoms with E-state index in [2.05, 4.69) is 15.4 Å². The van der Waals surface area contributed by atoms with Crippen molar-refractivity contribution in [2.75, 3.05) is 13.6 Å². The van der Waals surface area contributed by atoms with Crippen LogP contribution in [0.3, 0.4) is 0 Å². The molecule has 1 heterocycles. The molecule has 0 radical (unpaired) electrons. The summed E-state index contributed by atoms with van der Waals surface area (Å²) in [5.41, 5.74) is 0.878. The Labute approximate surface area is 131 Å². The molecule has 1 aromatic rings. The van der Waals surface area contributed by atoms with Gasteiger partial charge in [0, 0.05) is 12.5 Å². The second kappa shape index (κ2) is 7.21. The van der Waals surface area contributed by atoms with Crippen molar-refractivity contribution in [1.29, 1.82) is 0 Å². The zero-order valence-electron chi connectivity index (χ0n) is 12.9. The quantitative estimate of drug-likeness (QED) is 0.726. The molecule has 6 nitrogen and oxygen atoms in total. The molecule has 0 aromatic heterocycles. The minimum atomic E-state index is -3.43. The first kappa shape index (κ1) is 16.9. The van der Waals surface area contributed by atoms with Gasteiger partial charge in [-0.3, -0.25) is 4.79 Å². The minimum Gasteiger partial charge on any atom is -0.350 e. The van der Waals surface area contributed by atoms with Crippen LogP contribution in [0.1, 0.15) is 37.8 Å². The van der Waals surface area contributed by atoms with E-state index in [9.17, 15) is 13.2 Å². The van der Waals surface area contributed by atoms with Gasteiger partial charge in [-0.05, 0) is 51.1 Å². The summed E-state index contributed by atoms with van der Waals surface area (Å²) >= 11 is 0. The molecule has 0 saturated carbocycles. The zero-order valence-corrected chi connectivity index (χ0v) is 13.7. The normalized spacial score (nSPS) is 19.8. The van der Waals surface area contributed by atoms with Crippen LogP contribution in [-0.4, -0.2) is 34.0 Å². The number of carbonyl (C=O) groups excluding carboxylic acids is 1. The van der Waals surface area contributed by atoms with Gasteiger partial charge < -0.3 is 10.6 Å². The molecular weight excluding hydrogens is 302 g/mol. The van der Waals surface area contributed by atoms with Crippen LogP contribution in [-0.2, 0) is 14.8 Å². The maximum Gasteiger partial charge on any atom is 0.240 e. The monoisotopic (exact) mass is 325 g/mol. The predicted octanol–water partition coefficient (Wildman–Crippen LogP) is 0.914. The highest BCUT2D eigenvalue weighted by Crippen LogP contribution is 2.17. The van der Waals surface area contributed by atoms with Crippen LogP contribution < -0.4 is 15.4 Å². The summed E-state index contributed by atoms with van der Waals surface area (Å²) in [7, 11) is -2.05. The van der Waals surface area contributed by atoms with E-state index in [1.165, 1.54) is 7.05 Å². The van der Waals surface area contributed by atoms with E-state index in [1.807, 2.05) is 6.92 Å². The Kier molecular flexibility index (Phi) is 5.55. The van der Waals surface area contributed by atoms with E-state index in [-0.39, 0.29) is 22.9 Å². The second-order valence-electron chi connectivity index (χ2n) is 5.56. The van der Waals surface area contributed by atoms with Gasteiger partial charge in [0.15, 0.2) is 0 Å². The summed E-state index contributed by atoms with van der Waals surface area (Å²) < 4.78 is 25.6. The molecule has 1 aliphatic rings. The Bertz CT molecular complexity index is 607. The maximum absolute atomic E-state index is 12.0. The van der Waals surface area contributed by atoms with Gasteiger partial charge in [0.2, 0.25) is 15.9 Å². The summed E-state index contributed by atoms with van der Waals surface area (Å²) in [6, 6.07) is 6.66. The highest BCUT2D eigenvalue weighted by Gasteiger charge is 2.19. The van der Waals surface area contributed by atoms with Crippen molar-refractivity contribution in [1.82, 2.24) is 15.4 Å². The number of benzene rings is 1. The average Bonchev–Trinajstić information content (AvgIpc) is 3.00. The molecule has 7 heteroatoms. The van der Waals surface area contributed by atoms with E-state index in [0.29, 0.717) is 6.42 Å². The summed E-state index contributed by atoms with van der Waals surface area (Å²) in [5, 5.41) is 6.25. The average molecular weight is 325 g/mol. The van der Waals surface area contributed by atoms with Crippen LogP contribution in [0.25, 0.3) is 0 Å². The van der Waals surface area contributed by atoms with E-state index >= 15 is 0 Å². The predicted molar refractivity (Wildman–Crippen MR) is 84.9 cm³/mol. The van der Waals surface area contributed by atoms with E-state index in [0.717, 1.165) is 24.9 Å². The Morgan fingerprint density at radius 1 is 1.36 bits per heavy atom. The molecule has 2 unspecified atom stereocenters. The highest BCUT2D eigenvalue weighted by molar-refractivity contribution is 7.89. The lowest BCUT2D eigenvalue weighted by Crippen LogP contribution is -2.33. The van der Waals surface area contributed by atoms with Crippen molar-refractivity contribution in [3.63, 3.8) is 0 Å². The Morgan fingerprint density at radius 3 is 2.59 bits per heavy atom. The molecule has 1 saturated heterocycles. The largest absolute Gasteiger partial charge is 0.350 e. The third kappa shape index (κ3) is 4.28. The first-order valence-corrected chi connectivity index (χ1v) is 8.97. The van der Waals surface area contributed by atoms with Crippen LogP contribution in [0.4, 0.5) is 0 Å². The van der Waals surface area contributed by atoms with Crippen LogP contribution >= 0.6 is 0 Å². The number of nitrogens with one attached hydrogen (secondary N) is 3. The molecule has 1 aromatic carbocycles. The Morgan fingerprint density at radius 2 is 2.05 bits per heavy atom. The van der Waals surface area contributed by atoms with Crippen molar-refractivity contribution < 1.29 is 13.2 Å². The number of hydrogen-bond acceptors (Lipinski definition) is 4. The molecular formula is C15H23N3O3S. The van der Waals surface area contributed by atoms with Gasteiger partial charge in [-0.25, -0.2) is 13.1 Å². The van der Waals surface area contributed by atoms with Crippen molar-refractivity contribution in [2.45, 2.75) is 43.2 Å². The Balaban J connectivity index is 1.94. The molecule has 122 valence electrons. The van der Waals surface area contributed by atoms with Gasteiger partial charge in [0.05, 0.1) is 10.9 Å². The molecule has 0 aliphatic carbocycles. The van der Waals surface area contributed by atoms with Gasteiger partial charge in [-0.1, -0.05) is 12.1 Å². The number of carbonyl (C=O) groups is 1. The van der Waals surface area contributed by atoms with Gasteiger partial charge >= 0.3 is 0 Å². The molecule has 1 amide bonds. The topological polar surface area (TPSA) is 87.3 Å². The van der Waals surface area contributed by atoms with Gasteiger partial charge in [0.1, 0.15) is 0 Å². The van der Waals surface area contributed by atoms with Crippen LogP contribution in [0.2, 0.25) is 0 Å². The lowest BCUT2D eigenvalue weighted by atomic mass is 10.1. The SMILES string of the molecule is CNS(=O)(=O)c1ccc(C(C)NC(=O)CC2CCCN2)cc1. The first-order chi connectivity index (χ1) is 10.4. The fourth-order valence-electron chi connectivity index (χ4n) is 2.59. The molecule has 1 aliphatic heterocycles. The summed E-state index contributed by atoms with van der Waals surface area (Å²) in [6.07, 6.45) is 2.64. The van der Waals surface area contributed by atoms with Crippen LogP contribution in [0, 0.1) is 0 Å². The number of hydrogen-bond donors (Lipinski definition) is 3. The molecule has 3 N–H and O–H groups in total. The lowest BCUT2D eigenvalue weighted by Gasteiger charge is -2.17. The molecule has 2 rings (SSSR count). The van der Waals surface area contributed by atoms with E-state index in [1.54, 1.807) is 24.3 Å². The smallest absolute Gasteiger partial charge is 0.240 e. The van der Waals surface area contributed by atoms with Crippen molar-refractivity contribution in [2.24, 2.45) is 0 Å². The van der Waals surface area contributed by atoms with Gasteiger partial charge in [-0.15, -0.1) is 0 Å². The summed E-state index contributed by atoms with van der Waals surface area (Å²) in [6.45, 7) is 2.87. The van der Waals surface area contributed by atoms with Crippen molar-refractivity contribution in [3.8, 4) is 0 Å². The molecule has 2 atom stereocenters. The fraction of sp³-hybridized carbons (Fsp3) is 0.533. The fourth-order valence-corrected chi connectivity index (χ4v) is 3.32. The number of amides is 1. The van der Waals surface area contributed by atoms with Crippen LogP contribution in [0.15, 0.2) is 29.2 Å². The minimum absolute atomic E-state index is 0.0128. The first-order valence-electron chi connectivity index (χ1n) is 7.48. The summed E-state index contributed by atoms with van der Waals surface area (Å²) in [4.78, 5) is 12.2. The molecule has 22 heavy (non-hydrogen) atoms.